The molecule has 3 rings (SSSR count). The van der Waals surface area contributed by atoms with Gasteiger partial charge in [0.1, 0.15) is 0 Å². The number of ketones is 1. The van der Waals surface area contributed by atoms with Crippen LogP contribution in [0.5, 0.6) is 0 Å². The second-order valence-corrected chi connectivity index (χ2v) is 6.39. The summed E-state index contributed by atoms with van der Waals surface area (Å²) in [6.07, 6.45) is 4.17. The van der Waals surface area contributed by atoms with Crippen molar-refractivity contribution in [3.8, 4) is 0 Å². The molecule has 1 saturated heterocycles. The highest BCUT2D eigenvalue weighted by Crippen LogP contribution is 2.36. The lowest BCUT2D eigenvalue weighted by atomic mass is 10.1. The summed E-state index contributed by atoms with van der Waals surface area (Å²) in [7, 11) is 0. The molecule has 0 aliphatic carbocycles. The quantitative estimate of drug-likeness (QED) is 0.608. The van der Waals surface area contributed by atoms with E-state index in [0.717, 1.165) is 42.1 Å². The van der Waals surface area contributed by atoms with Gasteiger partial charge in [-0.3, -0.25) is 4.79 Å². The summed E-state index contributed by atoms with van der Waals surface area (Å²) in [6.45, 7) is 4.71. The molecule has 0 N–H and O–H groups in total. The van der Waals surface area contributed by atoms with Gasteiger partial charge in [-0.15, -0.1) is 0 Å². The summed E-state index contributed by atoms with van der Waals surface area (Å²) in [5, 5.41) is 0.252. The maximum Gasteiger partial charge on any atom is 0.206 e. The third-order valence-corrected chi connectivity index (χ3v) is 4.88. The first kappa shape index (κ1) is 14.4. The number of carbonyl (C=O) groups is 1. The molecule has 0 radical (unpaired) electrons. The lowest BCUT2D eigenvalue weighted by Gasteiger charge is -2.24. The minimum absolute atomic E-state index is 0.127. The van der Waals surface area contributed by atoms with Gasteiger partial charge in [0.15, 0.2) is 0 Å². The fraction of sp³-hybridized carbons (Fsp3) is 0.353. The molecule has 2 aliphatic rings. The molecule has 110 valence electrons. The molecule has 0 saturated carbocycles. The summed E-state index contributed by atoms with van der Waals surface area (Å²) in [5.41, 5.74) is 3.64. The van der Waals surface area contributed by atoms with Crippen molar-refractivity contribution < 1.29 is 8.98 Å². The lowest BCUT2D eigenvalue weighted by Crippen LogP contribution is -2.20. The molecular weight excluding hydrogens is 282 g/mol. The Kier molecular flexibility index (Phi) is 4.17. The van der Waals surface area contributed by atoms with Gasteiger partial charge in [-0.25, -0.2) is 0 Å². The smallest absolute Gasteiger partial charge is 0.206 e. The van der Waals surface area contributed by atoms with Crippen molar-refractivity contribution in [2.75, 3.05) is 11.5 Å². The molecule has 1 aromatic rings. The van der Waals surface area contributed by atoms with Crippen LogP contribution in [0, 0.1) is 0 Å². The molecule has 0 spiro atoms. The van der Waals surface area contributed by atoms with E-state index < -0.39 is 0 Å². The first-order valence-corrected chi connectivity index (χ1v) is 8.06. The van der Waals surface area contributed by atoms with E-state index in [0.29, 0.717) is 0 Å². The number of carbonyl (C=O) groups excluding carboxylic acids is 1. The maximum atomic E-state index is 12.6. The topological polar surface area (TPSA) is 29.5 Å². The van der Waals surface area contributed by atoms with Crippen LogP contribution < -0.4 is 4.90 Å². The van der Waals surface area contributed by atoms with Gasteiger partial charge in [0.25, 0.3) is 0 Å². The number of nitrogens with zero attached hydrogens (tertiary/aromatic N) is 1. The predicted octanol–water partition coefficient (Wildman–Crippen LogP) is 4.08. The van der Waals surface area contributed by atoms with E-state index in [1.54, 1.807) is 0 Å². The van der Waals surface area contributed by atoms with Crippen molar-refractivity contribution >= 4 is 23.5 Å². The standard InChI is InChI=1S/C17H19NO2S/c1-12-13(2)18(14-7-4-3-5-8-14)16(17(12)19)11-15-9-6-10-20-21-15/h3-5,7-8,11,15H,6,9-10H2,1-2H3/b16-11+. The molecule has 0 aromatic heterocycles. The van der Waals surface area contributed by atoms with Crippen LogP contribution in [0.25, 0.3) is 0 Å². The van der Waals surface area contributed by atoms with Crippen LogP contribution in [0.15, 0.2) is 53.4 Å². The Morgan fingerprint density at radius 1 is 1.29 bits per heavy atom. The number of benzene rings is 1. The van der Waals surface area contributed by atoms with Crippen LogP contribution in [-0.2, 0) is 8.98 Å². The summed E-state index contributed by atoms with van der Waals surface area (Å²) >= 11 is 1.48. The average Bonchev–Trinajstić information content (AvgIpc) is 2.74. The van der Waals surface area contributed by atoms with Gasteiger partial charge in [0, 0.05) is 17.0 Å². The number of rotatable bonds is 2. The Balaban J connectivity index is 1.97. The van der Waals surface area contributed by atoms with Crippen molar-refractivity contribution in [3.05, 3.63) is 53.4 Å². The van der Waals surface area contributed by atoms with E-state index in [4.69, 9.17) is 4.18 Å². The summed E-state index contributed by atoms with van der Waals surface area (Å²) in [4.78, 5) is 14.6. The van der Waals surface area contributed by atoms with Crippen molar-refractivity contribution in [1.29, 1.82) is 0 Å². The zero-order valence-electron chi connectivity index (χ0n) is 12.3. The van der Waals surface area contributed by atoms with Gasteiger partial charge in [-0.05, 0) is 56.9 Å². The number of hydrogen-bond acceptors (Lipinski definition) is 4. The van der Waals surface area contributed by atoms with Crippen LogP contribution in [0.2, 0.25) is 0 Å². The molecule has 1 fully saturated rings. The monoisotopic (exact) mass is 301 g/mol. The van der Waals surface area contributed by atoms with Gasteiger partial charge >= 0.3 is 0 Å². The highest BCUT2D eigenvalue weighted by atomic mass is 32.2. The average molecular weight is 301 g/mol. The number of hydrogen-bond donors (Lipinski definition) is 0. The third-order valence-electron chi connectivity index (χ3n) is 3.96. The third kappa shape index (κ3) is 2.78. The van der Waals surface area contributed by atoms with Gasteiger partial charge in [0.05, 0.1) is 17.6 Å². The minimum atomic E-state index is 0.127. The lowest BCUT2D eigenvalue weighted by molar-refractivity contribution is -0.111. The fourth-order valence-electron chi connectivity index (χ4n) is 2.68. The zero-order chi connectivity index (χ0) is 14.8. The van der Waals surface area contributed by atoms with Gasteiger partial charge < -0.3 is 9.08 Å². The number of anilines is 1. The molecule has 1 atom stereocenters. The molecule has 0 bridgehead atoms. The van der Waals surface area contributed by atoms with Gasteiger partial charge in [-0.2, -0.15) is 0 Å². The molecule has 2 heterocycles. The minimum Gasteiger partial charge on any atom is -0.315 e. The van der Waals surface area contributed by atoms with Crippen LogP contribution in [0.1, 0.15) is 26.7 Å². The van der Waals surface area contributed by atoms with Crippen LogP contribution in [0.4, 0.5) is 5.69 Å². The first-order chi connectivity index (χ1) is 10.2. The summed E-state index contributed by atoms with van der Waals surface area (Å²) < 4.78 is 5.45. The highest BCUT2D eigenvalue weighted by molar-refractivity contribution is 7.95. The fourth-order valence-corrected chi connectivity index (χ4v) is 3.52. The molecule has 21 heavy (non-hydrogen) atoms. The Morgan fingerprint density at radius 2 is 2.05 bits per heavy atom. The second-order valence-electron chi connectivity index (χ2n) is 5.36. The Hall–Kier alpha value is -1.52. The molecule has 0 amide bonds. The van der Waals surface area contributed by atoms with Crippen LogP contribution in [-0.4, -0.2) is 17.6 Å². The van der Waals surface area contributed by atoms with E-state index in [1.807, 2.05) is 44.2 Å². The van der Waals surface area contributed by atoms with Crippen molar-refractivity contribution in [2.45, 2.75) is 31.9 Å². The molecule has 1 unspecified atom stereocenters. The Labute approximate surface area is 129 Å². The molecular formula is C17H19NO2S. The summed E-state index contributed by atoms with van der Waals surface area (Å²) in [5.74, 6) is 0.127. The molecule has 4 heteroatoms. The van der Waals surface area contributed by atoms with E-state index >= 15 is 0 Å². The Bertz CT molecular complexity index is 600. The van der Waals surface area contributed by atoms with Gasteiger partial charge in [-0.1, -0.05) is 18.2 Å². The van der Waals surface area contributed by atoms with Crippen LogP contribution >= 0.6 is 12.0 Å². The first-order valence-electron chi connectivity index (χ1n) is 7.26. The van der Waals surface area contributed by atoms with Crippen LogP contribution in [0.3, 0.4) is 0 Å². The van der Waals surface area contributed by atoms with Crippen molar-refractivity contribution in [2.24, 2.45) is 0 Å². The predicted molar refractivity (Wildman–Crippen MR) is 87.0 cm³/mol. The molecule has 3 nitrogen and oxygen atoms in total. The molecule has 2 aliphatic heterocycles. The molecule has 1 aromatic carbocycles. The summed E-state index contributed by atoms with van der Waals surface area (Å²) in [6, 6.07) is 10.1. The van der Waals surface area contributed by atoms with Gasteiger partial charge in [0.2, 0.25) is 5.78 Å². The normalized spacial score (nSPS) is 25.0. The largest absolute Gasteiger partial charge is 0.315 e. The van der Waals surface area contributed by atoms with Crippen molar-refractivity contribution in [1.82, 2.24) is 0 Å². The second kappa shape index (κ2) is 6.08. The van der Waals surface area contributed by atoms with E-state index in [1.165, 1.54) is 12.0 Å². The van der Waals surface area contributed by atoms with E-state index in [-0.39, 0.29) is 11.0 Å². The van der Waals surface area contributed by atoms with Crippen molar-refractivity contribution in [3.63, 3.8) is 0 Å². The number of Topliss-reactive ketones (excluding diaryl/α,β-unsaturated/α-hetero) is 1. The number of para-hydroxylation sites is 1. The van der Waals surface area contributed by atoms with E-state index in [9.17, 15) is 4.79 Å². The SMILES string of the molecule is CC1=C(C)N(c2ccccc2)/C(=C/C2CCCOS2)C1=O. The zero-order valence-corrected chi connectivity index (χ0v) is 13.2. The Morgan fingerprint density at radius 3 is 2.71 bits per heavy atom. The maximum absolute atomic E-state index is 12.6. The van der Waals surface area contributed by atoms with E-state index in [2.05, 4.69) is 11.0 Å². The number of allylic oxidation sites excluding steroid dienone is 2. The highest BCUT2D eigenvalue weighted by Gasteiger charge is 2.32.